The fourth-order valence-electron chi connectivity index (χ4n) is 3.27. The van der Waals surface area contributed by atoms with E-state index in [0.717, 1.165) is 15.4 Å². The Hall–Kier alpha value is -3.00. The Bertz CT molecular complexity index is 1090. The summed E-state index contributed by atoms with van der Waals surface area (Å²) in [5, 5.41) is 2.72. The maximum Gasteiger partial charge on any atom is 0.269 e. The van der Waals surface area contributed by atoms with Gasteiger partial charge < -0.3 is 14.8 Å². The topological polar surface area (TPSA) is 84.9 Å². The summed E-state index contributed by atoms with van der Waals surface area (Å²) in [5.41, 5.74) is 3.38. The SMILES string of the molecule is COc1cc2c(cc1OC)N(C)S(=O)(=O)C(C(=O)NCc1ccc(C)cc1)=C2C. The minimum Gasteiger partial charge on any atom is -0.493 e. The Kier molecular flexibility index (Phi) is 5.57. The summed E-state index contributed by atoms with van der Waals surface area (Å²) in [6.07, 6.45) is 0. The highest BCUT2D eigenvalue weighted by Gasteiger charge is 2.38. The highest BCUT2D eigenvalue weighted by molar-refractivity contribution is 7.97. The standard InChI is InChI=1S/C21H24N2O5S/c1-13-6-8-15(9-7-13)12-22-21(24)20-14(2)16-10-18(27-4)19(28-5)11-17(16)23(3)29(20,25)26/h6-11H,12H2,1-5H3,(H,22,24). The molecule has 7 nitrogen and oxygen atoms in total. The molecule has 1 N–H and O–H groups in total. The van der Waals surface area contributed by atoms with Crippen LogP contribution in [0.4, 0.5) is 5.69 Å². The first-order chi connectivity index (χ1) is 13.7. The highest BCUT2D eigenvalue weighted by atomic mass is 32.2. The number of ether oxygens (including phenoxy) is 2. The number of sulfonamides is 1. The van der Waals surface area contributed by atoms with Crippen molar-refractivity contribution < 1.29 is 22.7 Å². The fraction of sp³-hybridized carbons (Fsp3) is 0.286. The molecule has 29 heavy (non-hydrogen) atoms. The van der Waals surface area contributed by atoms with Crippen LogP contribution >= 0.6 is 0 Å². The maximum absolute atomic E-state index is 13.1. The van der Waals surface area contributed by atoms with Gasteiger partial charge in [0.2, 0.25) is 0 Å². The molecule has 1 heterocycles. The van der Waals surface area contributed by atoms with Crippen LogP contribution in [0.2, 0.25) is 0 Å². The Morgan fingerprint density at radius 2 is 1.62 bits per heavy atom. The van der Waals surface area contributed by atoms with E-state index < -0.39 is 15.9 Å². The Morgan fingerprint density at radius 1 is 1.03 bits per heavy atom. The summed E-state index contributed by atoms with van der Waals surface area (Å²) in [6, 6.07) is 10.9. The molecule has 0 aliphatic carbocycles. The minimum absolute atomic E-state index is 0.230. The number of carbonyl (C=O) groups excluding carboxylic acids is 1. The van der Waals surface area contributed by atoms with Crippen LogP contribution in [0.25, 0.3) is 5.57 Å². The van der Waals surface area contributed by atoms with Crippen LogP contribution in [0.5, 0.6) is 11.5 Å². The molecule has 2 aromatic carbocycles. The van der Waals surface area contributed by atoms with E-state index in [2.05, 4.69) is 5.32 Å². The predicted octanol–water partition coefficient (Wildman–Crippen LogP) is 2.84. The van der Waals surface area contributed by atoms with E-state index >= 15 is 0 Å². The molecule has 0 bridgehead atoms. The molecule has 154 valence electrons. The minimum atomic E-state index is -4.02. The molecule has 0 atom stereocenters. The third-order valence-corrected chi connectivity index (χ3v) is 6.91. The number of hydrogen-bond acceptors (Lipinski definition) is 5. The van der Waals surface area contributed by atoms with Gasteiger partial charge in [0.05, 0.1) is 19.9 Å². The molecule has 1 aliphatic rings. The molecule has 0 unspecified atom stereocenters. The number of methoxy groups -OCH3 is 2. The monoisotopic (exact) mass is 416 g/mol. The second-order valence-corrected chi connectivity index (χ2v) is 8.73. The van der Waals surface area contributed by atoms with Crippen molar-refractivity contribution in [3.63, 3.8) is 0 Å². The third-order valence-electron chi connectivity index (χ3n) is 4.98. The quantitative estimate of drug-likeness (QED) is 0.810. The van der Waals surface area contributed by atoms with E-state index in [0.29, 0.717) is 28.3 Å². The van der Waals surface area contributed by atoms with Crippen molar-refractivity contribution in [2.24, 2.45) is 0 Å². The van der Waals surface area contributed by atoms with Gasteiger partial charge in [-0.1, -0.05) is 29.8 Å². The second-order valence-electron chi connectivity index (χ2n) is 6.82. The van der Waals surface area contributed by atoms with Gasteiger partial charge >= 0.3 is 0 Å². The van der Waals surface area contributed by atoms with Crippen molar-refractivity contribution >= 4 is 27.2 Å². The van der Waals surface area contributed by atoms with Gasteiger partial charge in [-0.25, -0.2) is 8.42 Å². The Balaban J connectivity index is 2.02. The van der Waals surface area contributed by atoms with Gasteiger partial charge in [-0.3, -0.25) is 9.10 Å². The number of rotatable bonds is 5. The van der Waals surface area contributed by atoms with Crippen molar-refractivity contribution in [3.05, 3.63) is 58.0 Å². The molecule has 0 saturated heterocycles. The lowest BCUT2D eigenvalue weighted by Gasteiger charge is -2.30. The number of hydrogen-bond donors (Lipinski definition) is 1. The number of nitrogens with zero attached hydrogens (tertiary/aromatic N) is 1. The average molecular weight is 416 g/mol. The molecule has 0 aromatic heterocycles. The van der Waals surface area contributed by atoms with Crippen LogP contribution in [-0.2, 0) is 21.4 Å². The summed E-state index contributed by atoms with van der Waals surface area (Å²) in [4.78, 5) is 12.6. The van der Waals surface area contributed by atoms with Crippen molar-refractivity contribution in [1.82, 2.24) is 5.32 Å². The largest absolute Gasteiger partial charge is 0.493 e. The van der Waals surface area contributed by atoms with Crippen LogP contribution in [0.15, 0.2) is 41.3 Å². The summed E-state index contributed by atoms with van der Waals surface area (Å²) in [7, 11) is 0.383. The van der Waals surface area contributed by atoms with Crippen molar-refractivity contribution in [2.75, 3.05) is 25.6 Å². The lowest BCUT2D eigenvalue weighted by atomic mass is 10.0. The summed E-state index contributed by atoms with van der Waals surface area (Å²) < 4.78 is 37.9. The van der Waals surface area contributed by atoms with E-state index in [1.165, 1.54) is 21.3 Å². The predicted molar refractivity (Wildman–Crippen MR) is 112 cm³/mol. The molecule has 3 rings (SSSR count). The number of aryl methyl sites for hydroxylation is 1. The molecule has 8 heteroatoms. The van der Waals surface area contributed by atoms with Crippen LogP contribution in [-0.4, -0.2) is 35.6 Å². The third kappa shape index (κ3) is 3.67. The number of fused-ring (bicyclic) bond motifs is 1. The number of amides is 1. The first-order valence-corrected chi connectivity index (χ1v) is 10.4. The Morgan fingerprint density at radius 3 is 2.21 bits per heavy atom. The van der Waals surface area contributed by atoms with E-state index in [-0.39, 0.29) is 11.4 Å². The number of anilines is 1. The normalized spacial score (nSPS) is 15.0. The Labute approximate surface area is 171 Å². The maximum atomic E-state index is 13.1. The number of allylic oxidation sites excluding steroid dienone is 1. The number of carbonyl (C=O) groups is 1. The van der Waals surface area contributed by atoms with Crippen molar-refractivity contribution in [1.29, 1.82) is 0 Å². The smallest absolute Gasteiger partial charge is 0.269 e. The van der Waals surface area contributed by atoms with E-state index in [1.54, 1.807) is 19.1 Å². The average Bonchev–Trinajstić information content (AvgIpc) is 2.70. The van der Waals surface area contributed by atoms with E-state index in [9.17, 15) is 13.2 Å². The van der Waals surface area contributed by atoms with Gasteiger partial charge in [0.15, 0.2) is 16.4 Å². The second kappa shape index (κ2) is 7.79. The van der Waals surface area contributed by atoms with Crippen LogP contribution in [0.3, 0.4) is 0 Å². The van der Waals surface area contributed by atoms with Gasteiger partial charge in [0.25, 0.3) is 15.9 Å². The van der Waals surface area contributed by atoms with Crippen molar-refractivity contribution in [2.45, 2.75) is 20.4 Å². The molecule has 0 saturated carbocycles. The summed E-state index contributed by atoms with van der Waals surface area (Å²) >= 11 is 0. The summed E-state index contributed by atoms with van der Waals surface area (Å²) in [5.74, 6) is 0.224. The summed E-state index contributed by atoms with van der Waals surface area (Å²) in [6.45, 7) is 3.83. The molecule has 0 fully saturated rings. The zero-order chi connectivity index (χ0) is 21.3. The van der Waals surface area contributed by atoms with Gasteiger partial charge in [-0.15, -0.1) is 0 Å². The lowest BCUT2D eigenvalue weighted by Crippen LogP contribution is -2.38. The first kappa shape index (κ1) is 20.7. The molecule has 0 radical (unpaired) electrons. The molecule has 1 amide bonds. The van der Waals surface area contributed by atoms with Crippen molar-refractivity contribution in [3.8, 4) is 11.5 Å². The molecule has 0 spiro atoms. The number of nitrogens with one attached hydrogen (secondary N) is 1. The zero-order valence-electron chi connectivity index (χ0n) is 17.1. The van der Waals surface area contributed by atoms with Crippen LogP contribution in [0.1, 0.15) is 23.6 Å². The molecular formula is C21H24N2O5S. The van der Waals surface area contributed by atoms with E-state index in [4.69, 9.17) is 9.47 Å². The molecular weight excluding hydrogens is 392 g/mol. The highest BCUT2D eigenvalue weighted by Crippen LogP contribution is 2.44. The zero-order valence-corrected chi connectivity index (χ0v) is 17.9. The molecule has 2 aromatic rings. The first-order valence-electron chi connectivity index (χ1n) is 9.00. The van der Waals surface area contributed by atoms with Gasteiger partial charge in [-0.05, 0) is 31.1 Å². The van der Waals surface area contributed by atoms with Gasteiger partial charge in [-0.2, -0.15) is 0 Å². The lowest BCUT2D eigenvalue weighted by molar-refractivity contribution is -0.117. The fourth-order valence-corrected chi connectivity index (χ4v) is 4.75. The number of benzene rings is 2. The van der Waals surface area contributed by atoms with Gasteiger partial charge in [0.1, 0.15) is 0 Å². The van der Waals surface area contributed by atoms with E-state index in [1.807, 2.05) is 31.2 Å². The molecule has 1 aliphatic heterocycles. The van der Waals surface area contributed by atoms with Gasteiger partial charge in [0, 0.05) is 25.2 Å². The van der Waals surface area contributed by atoms with Crippen LogP contribution < -0.4 is 19.1 Å². The van der Waals surface area contributed by atoms with Crippen LogP contribution in [0, 0.1) is 6.92 Å².